The van der Waals surface area contributed by atoms with Crippen LogP contribution in [0.4, 0.5) is 17.5 Å². The molecule has 3 aromatic heterocycles. The van der Waals surface area contributed by atoms with Crippen molar-refractivity contribution in [2.45, 2.75) is 35.8 Å². The van der Waals surface area contributed by atoms with Gasteiger partial charge in [0.15, 0.2) is 11.6 Å². The minimum Gasteiger partial charge on any atom is -0.356 e. The molecule has 29 heavy (non-hydrogen) atoms. The lowest BCUT2D eigenvalue weighted by atomic mass is 10.3. The number of rotatable bonds is 6. The van der Waals surface area contributed by atoms with Gasteiger partial charge < -0.3 is 10.2 Å². The second-order valence-electron chi connectivity index (χ2n) is 7.40. The SMILES string of the molecule is NS(=O)(=O)c1ccc(-c2nc(Nc3cc(C4CC4)[nH]n3)cc(N3CCCC3)n2)s1.[HH].[HH].[HH]. The van der Waals surface area contributed by atoms with Gasteiger partial charge in [0.05, 0.1) is 4.88 Å². The average molecular weight is 438 g/mol. The van der Waals surface area contributed by atoms with Crippen LogP contribution in [0.1, 0.15) is 41.6 Å². The standard InChI is InChI=1S/C18H21N7O2S2.3H2/c19-29(26,27)17-6-5-13(28-17)18-21-14(10-16(22-18)25-7-1-2-8-25)20-15-9-12(23-24-15)11-3-4-11;;;/h5-6,9-11H,1-4,7-8H2,(H2,19,26,27)(H2,20,21,22,23,24);3*1H. The molecule has 11 heteroatoms. The number of hydrogen-bond acceptors (Lipinski definition) is 8. The monoisotopic (exact) mass is 437 g/mol. The van der Waals surface area contributed by atoms with Crippen molar-refractivity contribution in [1.82, 2.24) is 20.2 Å². The van der Waals surface area contributed by atoms with Crippen molar-refractivity contribution in [3.05, 3.63) is 30.0 Å². The van der Waals surface area contributed by atoms with Crippen molar-refractivity contribution in [1.29, 1.82) is 0 Å². The summed E-state index contributed by atoms with van der Waals surface area (Å²) in [4.78, 5) is 12.2. The van der Waals surface area contributed by atoms with Crippen LogP contribution in [0.25, 0.3) is 10.7 Å². The molecular weight excluding hydrogens is 410 g/mol. The van der Waals surface area contributed by atoms with Crippen molar-refractivity contribution in [3.8, 4) is 10.7 Å². The number of primary sulfonamides is 1. The van der Waals surface area contributed by atoms with Crippen LogP contribution in [-0.4, -0.2) is 41.7 Å². The molecule has 1 aliphatic heterocycles. The molecule has 0 spiro atoms. The average Bonchev–Trinajstić information content (AvgIpc) is 3.11. The third kappa shape index (κ3) is 3.98. The molecule has 9 nitrogen and oxygen atoms in total. The zero-order valence-electron chi connectivity index (χ0n) is 15.6. The number of H-pyrrole nitrogens is 1. The van der Waals surface area contributed by atoms with Crippen LogP contribution in [0, 0.1) is 0 Å². The largest absolute Gasteiger partial charge is 0.356 e. The van der Waals surface area contributed by atoms with Crippen LogP contribution in [0.2, 0.25) is 0 Å². The van der Waals surface area contributed by atoms with Crippen molar-refractivity contribution in [3.63, 3.8) is 0 Å². The summed E-state index contributed by atoms with van der Waals surface area (Å²) in [6.07, 6.45) is 4.65. The number of nitrogens with two attached hydrogens (primary N) is 1. The molecule has 0 amide bonds. The highest BCUT2D eigenvalue weighted by Gasteiger charge is 2.26. The zero-order valence-corrected chi connectivity index (χ0v) is 17.3. The molecule has 4 heterocycles. The van der Waals surface area contributed by atoms with Gasteiger partial charge in [-0.3, -0.25) is 5.10 Å². The lowest BCUT2D eigenvalue weighted by Gasteiger charge is -2.18. The van der Waals surface area contributed by atoms with Gasteiger partial charge in [-0.05, 0) is 37.8 Å². The van der Waals surface area contributed by atoms with Crippen LogP contribution >= 0.6 is 11.3 Å². The number of aromatic amines is 1. The number of thiophene rings is 1. The molecule has 0 atom stereocenters. The van der Waals surface area contributed by atoms with Crippen molar-refractivity contribution in [2.75, 3.05) is 23.3 Å². The predicted octanol–water partition coefficient (Wildman–Crippen LogP) is 3.53. The predicted molar refractivity (Wildman–Crippen MR) is 118 cm³/mol. The van der Waals surface area contributed by atoms with E-state index in [-0.39, 0.29) is 8.49 Å². The van der Waals surface area contributed by atoms with Crippen LogP contribution in [-0.2, 0) is 10.0 Å². The molecule has 158 valence electrons. The van der Waals surface area contributed by atoms with Crippen LogP contribution in [0.15, 0.2) is 28.5 Å². The van der Waals surface area contributed by atoms with Crippen LogP contribution in [0.5, 0.6) is 0 Å². The van der Waals surface area contributed by atoms with Gasteiger partial charge >= 0.3 is 0 Å². The molecule has 1 saturated carbocycles. The third-order valence-electron chi connectivity index (χ3n) is 5.10. The molecule has 2 fully saturated rings. The number of nitrogens with one attached hydrogen (secondary N) is 2. The molecule has 0 unspecified atom stereocenters. The van der Waals surface area contributed by atoms with Gasteiger partial charge in [-0.25, -0.2) is 23.5 Å². The fourth-order valence-electron chi connectivity index (χ4n) is 3.45. The lowest BCUT2D eigenvalue weighted by Crippen LogP contribution is -2.19. The van der Waals surface area contributed by atoms with E-state index in [0.717, 1.165) is 48.8 Å². The van der Waals surface area contributed by atoms with Gasteiger partial charge in [-0.2, -0.15) is 5.10 Å². The van der Waals surface area contributed by atoms with Gasteiger partial charge in [-0.1, -0.05) is 0 Å². The van der Waals surface area contributed by atoms with E-state index in [4.69, 9.17) is 5.14 Å². The van der Waals surface area contributed by atoms with Crippen molar-refractivity contribution in [2.24, 2.45) is 5.14 Å². The van der Waals surface area contributed by atoms with Crippen LogP contribution < -0.4 is 15.4 Å². The summed E-state index contributed by atoms with van der Waals surface area (Å²) < 4.78 is 23.4. The third-order valence-corrected chi connectivity index (χ3v) is 7.62. The zero-order chi connectivity index (χ0) is 20.0. The molecule has 0 aromatic carbocycles. The van der Waals surface area contributed by atoms with Gasteiger partial charge in [0.1, 0.15) is 15.8 Å². The summed E-state index contributed by atoms with van der Waals surface area (Å²) in [5.74, 6) is 3.20. The van der Waals surface area contributed by atoms with Gasteiger partial charge in [0, 0.05) is 41.1 Å². The normalized spacial score (nSPS) is 17.1. The Kier molecular flexibility index (Phi) is 4.52. The Labute approximate surface area is 176 Å². The maximum absolute atomic E-state index is 11.6. The quantitative estimate of drug-likeness (QED) is 0.538. The topological polar surface area (TPSA) is 130 Å². The minimum absolute atomic E-state index is 0. The highest BCUT2D eigenvalue weighted by molar-refractivity contribution is 7.91. The Bertz CT molecular complexity index is 1160. The summed E-state index contributed by atoms with van der Waals surface area (Å²) in [6.45, 7) is 1.88. The fourth-order valence-corrected chi connectivity index (χ4v) is 5.11. The van der Waals surface area contributed by atoms with E-state index in [1.807, 2.05) is 12.1 Å². The lowest BCUT2D eigenvalue weighted by molar-refractivity contribution is 0.600. The second kappa shape index (κ2) is 7.08. The molecule has 0 bridgehead atoms. The van der Waals surface area contributed by atoms with E-state index in [1.165, 1.54) is 18.9 Å². The van der Waals surface area contributed by atoms with Crippen molar-refractivity contribution >= 4 is 38.8 Å². The maximum atomic E-state index is 11.6. The number of sulfonamides is 1. The summed E-state index contributed by atoms with van der Waals surface area (Å²) in [6, 6.07) is 7.11. The Morgan fingerprint density at radius 3 is 2.66 bits per heavy atom. The highest BCUT2D eigenvalue weighted by atomic mass is 32.2. The van der Waals surface area contributed by atoms with E-state index in [1.54, 1.807) is 6.07 Å². The fraction of sp³-hybridized carbons (Fsp3) is 0.389. The Morgan fingerprint density at radius 1 is 1.17 bits per heavy atom. The van der Waals surface area contributed by atoms with E-state index >= 15 is 0 Å². The Balaban J connectivity index is 0.00000121. The molecule has 1 aliphatic carbocycles. The van der Waals surface area contributed by atoms with Gasteiger partial charge in [0.25, 0.3) is 0 Å². The van der Waals surface area contributed by atoms with E-state index < -0.39 is 10.0 Å². The first kappa shape index (κ1) is 18.5. The van der Waals surface area contributed by atoms with Crippen molar-refractivity contribution < 1.29 is 12.7 Å². The van der Waals surface area contributed by atoms with E-state index in [2.05, 4.69) is 30.4 Å². The Morgan fingerprint density at radius 2 is 1.97 bits per heavy atom. The van der Waals surface area contributed by atoms with Gasteiger partial charge in [0.2, 0.25) is 10.0 Å². The molecular formula is C18H27N7O2S2. The number of anilines is 3. The molecule has 3 aromatic rings. The highest BCUT2D eigenvalue weighted by Crippen LogP contribution is 2.40. The first-order chi connectivity index (χ1) is 14.0. The van der Waals surface area contributed by atoms with Crippen LogP contribution in [0.3, 0.4) is 0 Å². The Hall–Kier alpha value is -2.50. The molecule has 2 aliphatic rings. The summed E-state index contributed by atoms with van der Waals surface area (Å²) in [7, 11) is -3.75. The first-order valence-electron chi connectivity index (χ1n) is 9.55. The smallest absolute Gasteiger partial charge is 0.247 e. The summed E-state index contributed by atoms with van der Waals surface area (Å²) >= 11 is 1.07. The van der Waals surface area contributed by atoms with E-state index in [9.17, 15) is 8.42 Å². The van der Waals surface area contributed by atoms with Gasteiger partial charge in [-0.15, -0.1) is 11.3 Å². The summed E-state index contributed by atoms with van der Waals surface area (Å²) in [5.41, 5.74) is 1.14. The second-order valence-corrected chi connectivity index (χ2v) is 10.3. The van der Waals surface area contributed by atoms with E-state index in [0.29, 0.717) is 28.3 Å². The molecule has 4 N–H and O–H groups in total. The molecule has 0 radical (unpaired) electrons. The first-order valence-corrected chi connectivity index (χ1v) is 11.9. The maximum Gasteiger partial charge on any atom is 0.247 e. The number of nitrogens with zero attached hydrogens (tertiary/aromatic N) is 4. The minimum atomic E-state index is -3.75. The molecule has 5 rings (SSSR count). The number of hydrogen-bond donors (Lipinski definition) is 3. The summed E-state index contributed by atoms with van der Waals surface area (Å²) in [5, 5.41) is 15.9. The molecule has 1 saturated heterocycles. The number of aromatic nitrogens is 4.